The van der Waals surface area contributed by atoms with Gasteiger partial charge in [-0.2, -0.15) is 4.31 Å². The number of fused-ring (bicyclic) bond motifs is 1. The molecule has 0 unspecified atom stereocenters. The van der Waals surface area contributed by atoms with Crippen molar-refractivity contribution in [1.82, 2.24) is 9.21 Å². The molecule has 2 heterocycles. The molecular formula is C22H23N3O5S. The molecule has 1 saturated heterocycles. The number of amides is 3. The van der Waals surface area contributed by atoms with Gasteiger partial charge in [0.25, 0.3) is 11.8 Å². The number of nitrogens with one attached hydrogen (secondary N) is 1. The lowest BCUT2D eigenvalue weighted by Crippen LogP contribution is -2.31. The van der Waals surface area contributed by atoms with Gasteiger partial charge in [0, 0.05) is 31.7 Å². The van der Waals surface area contributed by atoms with Crippen molar-refractivity contribution in [2.45, 2.75) is 30.6 Å². The van der Waals surface area contributed by atoms with Crippen molar-refractivity contribution in [3.63, 3.8) is 0 Å². The molecule has 2 aliphatic rings. The second-order valence-corrected chi connectivity index (χ2v) is 9.53. The van der Waals surface area contributed by atoms with E-state index < -0.39 is 10.0 Å². The normalized spacial score (nSPS) is 16.6. The van der Waals surface area contributed by atoms with E-state index >= 15 is 0 Å². The molecular weight excluding hydrogens is 418 g/mol. The second kappa shape index (κ2) is 8.60. The lowest BCUT2D eigenvalue weighted by molar-refractivity contribution is -0.116. The maximum atomic E-state index is 12.5. The van der Waals surface area contributed by atoms with Gasteiger partial charge in [-0.15, -0.1) is 0 Å². The largest absolute Gasteiger partial charge is 0.326 e. The van der Waals surface area contributed by atoms with Crippen LogP contribution in [0, 0.1) is 0 Å². The third-order valence-electron chi connectivity index (χ3n) is 5.50. The first kappa shape index (κ1) is 21.2. The zero-order chi connectivity index (χ0) is 22.0. The summed E-state index contributed by atoms with van der Waals surface area (Å²) in [4.78, 5) is 38.3. The highest BCUT2D eigenvalue weighted by atomic mass is 32.2. The third-order valence-corrected chi connectivity index (χ3v) is 7.42. The molecule has 0 radical (unpaired) electrons. The Labute approximate surface area is 180 Å². The maximum absolute atomic E-state index is 12.5. The Morgan fingerprint density at radius 2 is 1.48 bits per heavy atom. The zero-order valence-corrected chi connectivity index (χ0v) is 17.7. The van der Waals surface area contributed by atoms with Crippen molar-refractivity contribution in [3.8, 4) is 0 Å². The van der Waals surface area contributed by atoms with Crippen LogP contribution in [0.15, 0.2) is 53.4 Å². The summed E-state index contributed by atoms with van der Waals surface area (Å²) in [5.41, 5.74) is 1.27. The minimum absolute atomic E-state index is 0.126. The molecule has 0 aliphatic carbocycles. The molecule has 0 bridgehead atoms. The summed E-state index contributed by atoms with van der Waals surface area (Å²) < 4.78 is 26.6. The first-order valence-corrected chi connectivity index (χ1v) is 11.7. The van der Waals surface area contributed by atoms with E-state index in [0.717, 1.165) is 17.7 Å². The number of carbonyl (C=O) groups is 3. The van der Waals surface area contributed by atoms with Crippen molar-refractivity contribution in [3.05, 3.63) is 59.7 Å². The van der Waals surface area contributed by atoms with E-state index in [9.17, 15) is 22.8 Å². The highest BCUT2D eigenvalue weighted by Crippen LogP contribution is 2.24. The SMILES string of the molecule is O=C(CCCN1C(=O)c2ccccc2C1=O)Nc1ccc(S(=O)(=O)N2CCCC2)cc1. The monoisotopic (exact) mass is 441 g/mol. The van der Waals surface area contributed by atoms with Crippen LogP contribution in [0.1, 0.15) is 46.4 Å². The Morgan fingerprint density at radius 3 is 2.06 bits per heavy atom. The van der Waals surface area contributed by atoms with Crippen LogP contribution < -0.4 is 5.32 Å². The Hall–Kier alpha value is -3.04. The summed E-state index contributed by atoms with van der Waals surface area (Å²) in [7, 11) is -3.49. The van der Waals surface area contributed by atoms with E-state index in [-0.39, 0.29) is 35.6 Å². The molecule has 1 fully saturated rings. The van der Waals surface area contributed by atoms with Gasteiger partial charge in [-0.25, -0.2) is 8.42 Å². The maximum Gasteiger partial charge on any atom is 0.261 e. The number of rotatable bonds is 7. The van der Waals surface area contributed by atoms with Crippen LogP contribution in [0.2, 0.25) is 0 Å². The third kappa shape index (κ3) is 4.24. The first-order valence-electron chi connectivity index (χ1n) is 10.2. The summed E-state index contributed by atoms with van der Waals surface area (Å²) in [6, 6.07) is 12.8. The first-order chi connectivity index (χ1) is 14.9. The fourth-order valence-corrected chi connectivity index (χ4v) is 5.37. The molecule has 2 aromatic carbocycles. The minimum Gasteiger partial charge on any atom is -0.326 e. The van der Waals surface area contributed by atoms with Crippen molar-refractivity contribution in [2.75, 3.05) is 25.0 Å². The predicted molar refractivity (Wildman–Crippen MR) is 114 cm³/mol. The van der Waals surface area contributed by atoms with Crippen LogP contribution in [-0.4, -0.2) is 55.0 Å². The summed E-state index contributed by atoms with van der Waals surface area (Å²) in [5, 5.41) is 2.72. The quantitative estimate of drug-likeness (QED) is 0.665. The number of sulfonamides is 1. The second-order valence-electron chi connectivity index (χ2n) is 7.59. The summed E-state index contributed by atoms with van der Waals surface area (Å²) in [6.07, 6.45) is 2.20. The molecule has 2 aliphatic heterocycles. The minimum atomic E-state index is -3.49. The van der Waals surface area contributed by atoms with E-state index in [2.05, 4.69) is 5.32 Å². The van der Waals surface area contributed by atoms with E-state index in [4.69, 9.17) is 0 Å². The smallest absolute Gasteiger partial charge is 0.261 e. The van der Waals surface area contributed by atoms with Crippen molar-refractivity contribution in [1.29, 1.82) is 0 Å². The summed E-state index contributed by atoms with van der Waals surface area (Å²) >= 11 is 0. The molecule has 2 aromatic rings. The van der Waals surface area contributed by atoms with Gasteiger partial charge in [-0.05, 0) is 55.7 Å². The molecule has 0 saturated carbocycles. The van der Waals surface area contributed by atoms with Gasteiger partial charge in [0.1, 0.15) is 0 Å². The number of carbonyl (C=O) groups excluding carboxylic acids is 3. The molecule has 9 heteroatoms. The zero-order valence-electron chi connectivity index (χ0n) is 16.9. The molecule has 0 atom stereocenters. The Morgan fingerprint density at radius 1 is 0.903 bits per heavy atom. The van der Waals surface area contributed by atoms with Crippen LogP contribution >= 0.6 is 0 Å². The van der Waals surface area contributed by atoms with E-state index in [1.807, 2.05) is 0 Å². The number of hydrogen-bond acceptors (Lipinski definition) is 5. The van der Waals surface area contributed by atoms with Gasteiger partial charge in [-0.1, -0.05) is 12.1 Å². The topological polar surface area (TPSA) is 104 Å². The number of hydrogen-bond donors (Lipinski definition) is 1. The summed E-state index contributed by atoms with van der Waals surface area (Å²) in [5.74, 6) is -0.946. The van der Waals surface area contributed by atoms with Crippen molar-refractivity contribution in [2.24, 2.45) is 0 Å². The lowest BCUT2D eigenvalue weighted by Gasteiger charge is -2.16. The summed E-state index contributed by atoms with van der Waals surface area (Å²) in [6.45, 7) is 1.23. The van der Waals surface area contributed by atoms with Gasteiger partial charge >= 0.3 is 0 Å². The highest BCUT2D eigenvalue weighted by Gasteiger charge is 2.34. The van der Waals surface area contributed by atoms with E-state index in [1.165, 1.54) is 16.4 Å². The van der Waals surface area contributed by atoms with Crippen LogP contribution in [0.3, 0.4) is 0 Å². The lowest BCUT2D eigenvalue weighted by atomic mass is 10.1. The molecule has 0 aromatic heterocycles. The highest BCUT2D eigenvalue weighted by molar-refractivity contribution is 7.89. The van der Waals surface area contributed by atoms with Gasteiger partial charge in [0.05, 0.1) is 16.0 Å². The molecule has 162 valence electrons. The predicted octanol–water partition coefficient (Wildman–Crippen LogP) is 2.49. The Kier molecular flexibility index (Phi) is 5.88. The Bertz CT molecular complexity index is 1090. The van der Waals surface area contributed by atoms with Crippen LogP contribution in [0.25, 0.3) is 0 Å². The van der Waals surface area contributed by atoms with Crippen LogP contribution in [0.5, 0.6) is 0 Å². The number of anilines is 1. The van der Waals surface area contributed by atoms with Gasteiger partial charge in [-0.3, -0.25) is 19.3 Å². The Balaban J connectivity index is 1.29. The van der Waals surface area contributed by atoms with Gasteiger partial charge < -0.3 is 5.32 Å². The van der Waals surface area contributed by atoms with Gasteiger partial charge in [0.15, 0.2) is 0 Å². The fraction of sp³-hybridized carbons (Fsp3) is 0.318. The van der Waals surface area contributed by atoms with Crippen molar-refractivity contribution < 1.29 is 22.8 Å². The molecule has 8 nitrogen and oxygen atoms in total. The van der Waals surface area contributed by atoms with Crippen LogP contribution in [-0.2, 0) is 14.8 Å². The molecule has 1 N–H and O–H groups in total. The fourth-order valence-electron chi connectivity index (χ4n) is 3.85. The molecule has 4 rings (SSSR count). The van der Waals surface area contributed by atoms with E-state index in [0.29, 0.717) is 36.3 Å². The number of nitrogens with zero attached hydrogens (tertiary/aromatic N) is 2. The number of imide groups is 1. The number of benzene rings is 2. The average molecular weight is 442 g/mol. The standard InChI is InChI=1S/C22H23N3O5S/c26-20(8-5-15-25-21(27)18-6-1-2-7-19(18)22(25)28)23-16-9-11-17(12-10-16)31(29,30)24-13-3-4-14-24/h1-2,6-7,9-12H,3-5,8,13-15H2,(H,23,26). The molecule has 0 spiro atoms. The molecule has 3 amide bonds. The van der Waals surface area contributed by atoms with Crippen LogP contribution in [0.4, 0.5) is 5.69 Å². The van der Waals surface area contributed by atoms with Gasteiger partial charge in [0.2, 0.25) is 15.9 Å². The molecule has 31 heavy (non-hydrogen) atoms. The van der Waals surface area contributed by atoms with E-state index in [1.54, 1.807) is 36.4 Å². The average Bonchev–Trinajstić information content (AvgIpc) is 3.39. The van der Waals surface area contributed by atoms with Crippen molar-refractivity contribution >= 4 is 33.4 Å².